The van der Waals surface area contributed by atoms with Crippen molar-refractivity contribution in [2.75, 3.05) is 6.54 Å². The summed E-state index contributed by atoms with van der Waals surface area (Å²) in [6.07, 6.45) is 7.11. The fraction of sp³-hybridized carbons (Fsp3) is 0.615. The number of nitrogens with zero attached hydrogens (tertiary/aromatic N) is 1. The minimum Gasteiger partial charge on any atom is -0.354 e. The third-order valence-electron chi connectivity index (χ3n) is 3.10. The van der Waals surface area contributed by atoms with Gasteiger partial charge in [-0.25, -0.2) is 0 Å². The Kier molecular flexibility index (Phi) is 4.20. The molecule has 0 bridgehead atoms. The Morgan fingerprint density at radius 3 is 3.18 bits per heavy atom. The van der Waals surface area contributed by atoms with Gasteiger partial charge in [-0.15, -0.1) is 0 Å². The van der Waals surface area contributed by atoms with E-state index in [4.69, 9.17) is 0 Å². The third kappa shape index (κ3) is 3.60. The highest BCUT2D eigenvalue weighted by molar-refractivity contribution is 5.78. The zero-order valence-electron chi connectivity index (χ0n) is 10.4. The van der Waals surface area contributed by atoms with Crippen LogP contribution in [0.25, 0.3) is 0 Å². The van der Waals surface area contributed by atoms with Crippen LogP contribution in [0.5, 0.6) is 0 Å². The van der Waals surface area contributed by atoms with Gasteiger partial charge in [-0.2, -0.15) is 0 Å². The van der Waals surface area contributed by atoms with E-state index in [1.165, 1.54) is 5.56 Å². The number of carbonyl (C=O) groups is 1. The van der Waals surface area contributed by atoms with Crippen LogP contribution >= 0.6 is 0 Å². The van der Waals surface area contributed by atoms with Crippen LogP contribution in [-0.4, -0.2) is 23.1 Å². The summed E-state index contributed by atoms with van der Waals surface area (Å²) in [5.74, 6) is 0.186. The molecule has 1 aromatic heterocycles. The van der Waals surface area contributed by atoms with E-state index in [0.29, 0.717) is 12.5 Å². The van der Waals surface area contributed by atoms with Gasteiger partial charge in [0.2, 0.25) is 5.91 Å². The Hall–Kier alpha value is -1.29. The Labute approximate surface area is 102 Å². The number of nitrogens with one attached hydrogen (secondary N) is 2. The van der Waals surface area contributed by atoms with Gasteiger partial charge < -0.3 is 15.2 Å². The molecule has 1 unspecified atom stereocenters. The fourth-order valence-corrected chi connectivity index (χ4v) is 2.21. The molecule has 2 N–H and O–H groups in total. The topological polar surface area (TPSA) is 46.1 Å². The van der Waals surface area contributed by atoms with Crippen molar-refractivity contribution in [3.63, 3.8) is 0 Å². The quantitative estimate of drug-likeness (QED) is 0.780. The van der Waals surface area contributed by atoms with E-state index in [2.05, 4.69) is 40.6 Å². The lowest BCUT2D eigenvalue weighted by molar-refractivity contribution is -0.119. The molecule has 4 heteroatoms. The van der Waals surface area contributed by atoms with Crippen LogP contribution in [0.4, 0.5) is 0 Å². The van der Waals surface area contributed by atoms with Crippen molar-refractivity contribution < 1.29 is 4.79 Å². The van der Waals surface area contributed by atoms with E-state index in [0.717, 1.165) is 32.5 Å². The number of amides is 1. The molecule has 0 saturated carbocycles. The van der Waals surface area contributed by atoms with Crippen molar-refractivity contribution in [1.29, 1.82) is 0 Å². The lowest BCUT2D eigenvalue weighted by Crippen LogP contribution is -2.35. The van der Waals surface area contributed by atoms with Crippen molar-refractivity contribution in [1.82, 2.24) is 15.2 Å². The molecule has 1 amide bonds. The highest BCUT2D eigenvalue weighted by Gasteiger charge is 2.19. The van der Waals surface area contributed by atoms with Crippen molar-refractivity contribution in [3.8, 4) is 0 Å². The summed E-state index contributed by atoms with van der Waals surface area (Å²) < 4.78 is 2.22. The van der Waals surface area contributed by atoms with Gasteiger partial charge >= 0.3 is 0 Å². The van der Waals surface area contributed by atoms with Crippen LogP contribution in [0.3, 0.4) is 0 Å². The van der Waals surface area contributed by atoms with Crippen LogP contribution < -0.4 is 10.6 Å². The third-order valence-corrected chi connectivity index (χ3v) is 3.10. The number of aromatic nitrogens is 1. The predicted octanol–water partition coefficient (Wildman–Crippen LogP) is 1.27. The molecular formula is C13H21N3O. The molecule has 4 nitrogen and oxygen atoms in total. The summed E-state index contributed by atoms with van der Waals surface area (Å²) in [7, 11) is 0. The molecule has 94 valence electrons. The lowest BCUT2D eigenvalue weighted by Gasteiger charge is -2.10. The summed E-state index contributed by atoms with van der Waals surface area (Å²) in [4.78, 5) is 11.0. The maximum atomic E-state index is 11.0. The Morgan fingerprint density at radius 1 is 1.59 bits per heavy atom. The number of aryl methyl sites for hydroxylation is 1. The van der Waals surface area contributed by atoms with Crippen molar-refractivity contribution in [2.45, 2.75) is 45.3 Å². The molecule has 2 heterocycles. The van der Waals surface area contributed by atoms with Crippen molar-refractivity contribution in [3.05, 3.63) is 24.0 Å². The fourth-order valence-electron chi connectivity index (χ4n) is 2.21. The second-order valence-corrected chi connectivity index (χ2v) is 4.69. The molecule has 1 fully saturated rings. The molecule has 1 aliphatic rings. The van der Waals surface area contributed by atoms with Gasteiger partial charge in [-0.1, -0.05) is 6.92 Å². The lowest BCUT2D eigenvalue weighted by atomic mass is 10.2. The molecule has 0 aromatic carbocycles. The van der Waals surface area contributed by atoms with Gasteiger partial charge in [0, 0.05) is 44.5 Å². The molecule has 0 aliphatic carbocycles. The molecule has 1 saturated heterocycles. The van der Waals surface area contributed by atoms with E-state index in [9.17, 15) is 4.79 Å². The van der Waals surface area contributed by atoms with Gasteiger partial charge in [-0.3, -0.25) is 4.79 Å². The zero-order chi connectivity index (χ0) is 12.1. The smallest absolute Gasteiger partial charge is 0.220 e. The first-order valence-electron chi connectivity index (χ1n) is 6.42. The summed E-state index contributed by atoms with van der Waals surface area (Å²) in [5, 5.41) is 6.35. The molecule has 2 rings (SSSR count). The van der Waals surface area contributed by atoms with E-state index < -0.39 is 0 Å². The number of carbonyl (C=O) groups excluding carboxylic acids is 1. The Morgan fingerprint density at radius 2 is 2.47 bits per heavy atom. The SMILES string of the molecule is CCCn1ccc(CNCC2CCC(=O)N2)c1. The van der Waals surface area contributed by atoms with Crippen molar-refractivity contribution in [2.24, 2.45) is 0 Å². The highest BCUT2D eigenvalue weighted by Crippen LogP contribution is 2.06. The monoisotopic (exact) mass is 235 g/mol. The molecule has 17 heavy (non-hydrogen) atoms. The Balaban J connectivity index is 1.68. The summed E-state index contributed by atoms with van der Waals surface area (Å²) >= 11 is 0. The molecule has 0 spiro atoms. The van der Waals surface area contributed by atoms with E-state index in [-0.39, 0.29) is 5.91 Å². The predicted molar refractivity (Wildman–Crippen MR) is 67.6 cm³/mol. The average Bonchev–Trinajstić information content (AvgIpc) is 2.89. The number of rotatable bonds is 6. The summed E-state index contributed by atoms with van der Waals surface area (Å²) in [5.41, 5.74) is 1.31. The first-order valence-corrected chi connectivity index (χ1v) is 6.42. The van der Waals surface area contributed by atoms with E-state index >= 15 is 0 Å². The van der Waals surface area contributed by atoms with Gasteiger partial charge in [-0.05, 0) is 24.5 Å². The normalized spacial score (nSPS) is 19.6. The molecule has 0 radical (unpaired) electrons. The van der Waals surface area contributed by atoms with Gasteiger partial charge in [0.05, 0.1) is 0 Å². The molecule has 1 aliphatic heterocycles. The van der Waals surface area contributed by atoms with Crippen LogP contribution in [0.2, 0.25) is 0 Å². The van der Waals surface area contributed by atoms with E-state index in [1.807, 2.05) is 0 Å². The second-order valence-electron chi connectivity index (χ2n) is 4.69. The zero-order valence-corrected chi connectivity index (χ0v) is 10.4. The molecular weight excluding hydrogens is 214 g/mol. The minimum absolute atomic E-state index is 0.186. The first-order chi connectivity index (χ1) is 8.28. The minimum atomic E-state index is 0.186. The maximum absolute atomic E-state index is 11.0. The average molecular weight is 235 g/mol. The Bertz CT molecular complexity index is 372. The summed E-state index contributed by atoms with van der Waals surface area (Å²) in [6, 6.07) is 2.47. The van der Waals surface area contributed by atoms with E-state index in [1.54, 1.807) is 0 Å². The highest BCUT2D eigenvalue weighted by atomic mass is 16.1. The van der Waals surface area contributed by atoms with Crippen LogP contribution in [0.15, 0.2) is 18.5 Å². The number of hydrogen-bond acceptors (Lipinski definition) is 2. The van der Waals surface area contributed by atoms with Gasteiger partial charge in [0.1, 0.15) is 0 Å². The van der Waals surface area contributed by atoms with Gasteiger partial charge in [0.25, 0.3) is 0 Å². The number of hydrogen-bond donors (Lipinski definition) is 2. The van der Waals surface area contributed by atoms with Crippen LogP contribution in [-0.2, 0) is 17.9 Å². The molecule has 1 aromatic rings. The largest absolute Gasteiger partial charge is 0.354 e. The van der Waals surface area contributed by atoms with Crippen molar-refractivity contribution >= 4 is 5.91 Å². The van der Waals surface area contributed by atoms with Gasteiger partial charge in [0.15, 0.2) is 0 Å². The van der Waals surface area contributed by atoms with Crippen LogP contribution in [0, 0.1) is 0 Å². The first kappa shape index (κ1) is 12.2. The summed E-state index contributed by atoms with van der Waals surface area (Å²) in [6.45, 7) is 5.01. The standard InChI is InChI=1S/C13H21N3O/c1-2-6-16-7-5-11(10-16)8-14-9-12-3-4-13(17)15-12/h5,7,10,12,14H,2-4,6,8-9H2,1H3,(H,15,17). The van der Waals surface area contributed by atoms with Crippen LogP contribution in [0.1, 0.15) is 31.7 Å². The molecule has 1 atom stereocenters. The second kappa shape index (κ2) is 5.87. The maximum Gasteiger partial charge on any atom is 0.220 e.